The molecule has 1 aliphatic rings. The molecule has 0 unspecified atom stereocenters. The first-order chi connectivity index (χ1) is 16.8. The van der Waals surface area contributed by atoms with Crippen molar-refractivity contribution in [3.05, 3.63) is 72.1 Å². The SMILES string of the molecule is C[C@@H](C(=O)N1CCN(c2cccc(S(=O)(=O)Nc3nccs3)c2)CC1)n1ccc2c(F)cccc21. The van der Waals surface area contributed by atoms with Crippen LogP contribution in [0.5, 0.6) is 0 Å². The standard InChI is InChI=1S/C24H24FN5O3S2/c1-17(30-10-8-20-21(25)6-3-7-22(20)30)23(31)29-13-11-28(12-14-29)18-4-2-5-19(16-18)35(32,33)27-24-26-9-15-34-24/h2-10,15-17H,11-14H2,1H3,(H,26,27)/t17-/m0/s1. The fourth-order valence-corrected chi connectivity index (χ4v) is 6.18. The molecule has 3 heterocycles. The number of amides is 1. The van der Waals surface area contributed by atoms with Crippen LogP contribution < -0.4 is 9.62 Å². The summed E-state index contributed by atoms with van der Waals surface area (Å²) in [5, 5.41) is 2.51. The lowest BCUT2D eigenvalue weighted by Gasteiger charge is -2.37. The van der Waals surface area contributed by atoms with Gasteiger partial charge in [-0.3, -0.25) is 9.52 Å². The van der Waals surface area contributed by atoms with E-state index in [1.54, 1.807) is 51.4 Å². The predicted octanol–water partition coefficient (Wildman–Crippen LogP) is 3.95. The highest BCUT2D eigenvalue weighted by Gasteiger charge is 2.27. The molecule has 1 aliphatic heterocycles. The molecule has 1 atom stereocenters. The molecule has 1 fully saturated rings. The van der Waals surface area contributed by atoms with E-state index in [9.17, 15) is 17.6 Å². The molecule has 8 nitrogen and oxygen atoms in total. The van der Waals surface area contributed by atoms with E-state index in [2.05, 4.69) is 14.6 Å². The van der Waals surface area contributed by atoms with Gasteiger partial charge in [-0.15, -0.1) is 11.3 Å². The molecular weight excluding hydrogens is 489 g/mol. The number of hydrogen-bond acceptors (Lipinski definition) is 6. The second-order valence-corrected chi connectivity index (χ2v) is 10.9. The topological polar surface area (TPSA) is 87.5 Å². The second-order valence-electron chi connectivity index (χ2n) is 8.32. The molecule has 1 amide bonds. The van der Waals surface area contributed by atoms with Crippen LogP contribution >= 0.6 is 11.3 Å². The van der Waals surface area contributed by atoms with E-state index in [1.165, 1.54) is 23.6 Å². The molecule has 11 heteroatoms. The molecule has 4 aromatic rings. The molecule has 1 saturated heterocycles. The number of nitrogens with zero attached hydrogens (tertiary/aromatic N) is 4. The van der Waals surface area contributed by atoms with Crippen LogP contribution in [0.15, 0.2) is 71.2 Å². The third kappa shape index (κ3) is 4.61. The summed E-state index contributed by atoms with van der Waals surface area (Å²) in [6, 6.07) is 12.8. The zero-order valence-electron chi connectivity index (χ0n) is 19.0. The van der Waals surface area contributed by atoms with Crippen LogP contribution in [0, 0.1) is 5.82 Å². The Morgan fingerprint density at radius 1 is 1.11 bits per heavy atom. The number of carbonyl (C=O) groups excluding carboxylic acids is 1. The number of nitrogens with one attached hydrogen (secondary N) is 1. The van der Waals surface area contributed by atoms with Gasteiger partial charge >= 0.3 is 0 Å². The van der Waals surface area contributed by atoms with Gasteiger partial charge in [-0.25, -0.2) is 17.8 Å². The lowest BCUT2D eigenvalue weighted by atomic mass is 10.2. The first-order valence-electron chi connectivity index (χ1n) is 11.1. The Kier molecular flexibility index (Phi) is 6.20. The number of thiazole rings is 1. The number of aromatic nitrogens is 2. The van der Waals surface area contributed by atoms with Gasteiger partial charge in [-0.1, -0.05) is 12.1 Å². The van der Waals surface area contributed by atoms with Crippen molar-refractivity contribution >= 4 is 49.0 Å². The fourth-order valence-electron chi connectivity index (χ4n) is 4.35. The van der Waals surface area contributed by atoms with E-state index in [0.29, 0.717) is 42.2 Å². The Bertz CT molecular complexity index is 1460. The van der Waals surface area contributed by atoms with Crippen molar-refractivity contribution in [3.63, 3.8) is 0 Å². The van der Waals surface area contributed by atoms with E-state index < -0.39 is 16.1 Å². The second kappa shape index (κ2) is 9.31. The highest BCUT2D eigenvalue weighted by molar-refractivity contribution is 7.93. The number of hydrogen-bond donors (Lipinski definition) is 1. The van der Waals surface area contributed by atoms with Crippen LogP contribution in [-0.4, -0.2) is 55.0 Å². The molecule has 1 N–H and O–H groups in total. The fraction of sp³-hybridized carbons (Fsp3) is 0.250. The van der Waals surface area contributed by atoms with Crippen LogP contribution in [0.4, 0.5) is 15.2 Å². The van der Waals surface area contributed by atoms with E-state index in [0.717, 1.165) is 5.69 Å². The minimum Gasteiger partial charge on any atom is -0.368 e. The maximum absolute atomic E-state index is 14.1. The maximum Gasteiger partial charge on any atom is 0.263 e. The van der Waals surface area contributed by atoms with Gasteiger partial charge in [0.05, 0.1) is 10.4 Å². The average Bonchev–Trinajstić information content (AvgIpc) is 3.54. The van der Waals surface area contributed by atoms with Crippen molar-refractivity contribution in [2.75, 3.05) is 35.8 Å². The van der Waals surface area contributed by atoms with Gasteiger partial charge in [-0.05, 0) is 43.3 Å². The van der Waals surface area contributed by atoms with E-state index in [4.69, 9.17) is 0 Å². The first kappa shape index (κ1) is 23.3. The average molecular weight is 514 g/mol. The molecular formula is C24H24FN5O3S2. The number of benzene rings is 2. The highest BCUT2D eigenvalue weighted by atomic mass is 32.2. The van der Waals surface area contributed by atoms with Gasteiger partial charge in [0.25, 0.3) is 10.0 Å². The number of anilines is 2. The molecule has 35 heavy (non-hydrogen) atoms. The Morgan fingerprint density at radius 2 is 1.89 bits per heavy atom. The van der Waals surface area contributed by atoms with Gasteiger partial charge in [-0.2, -0.15) is 0 Å². The lowest BCUT2D eigenvalue weighted by molar-refractivity contribution is -0.134. The summed E-state index contributed by atoms with van der Waals surface area (Å²) >= 11 is 1.21. The quantitative estimate of drug-likeness (QED) is 0.422. The smallest absolute Gasteiger partial charge is 0.263 e. The summed E-state index contributed by atoms with van der Waals surface area (Å²) < 4.78 is 43.8. The van der Waals surface area contributed by atoms with Crippen LogP contribution in [0.2, 0.25) is 0 Å². The summed E-state index contributed by atoms with van der Waals surface area (Å²) in [6.07, 6.45) is 3.29. The van der Waals surface area contributed by atoms with E-state index in [-0.39, 0.29) is 16.6 Å². The highest BCUT2D eigenvalue weighted by Crippen LogP contribution is 2.26. The summed E-state index contributed by atoms with van der Waals surface area (Å²) in [6.45, 7) is 3.98. The van der Waals surface area contributed by atoms with Gasteiger partial charge in [0, 0.05) is 55.0 Å². The van der Waals surface area contributed by atoms with Crippen molar-refractivity contribution in [1.29, 1.82) is 0 Å². The molecule has 0 aliphatic carbocycles. The molecule has 5 rings (SSSR count). The Labute approximate surface area is 206 Å². The van der Waals surface area contributed by atoms with Gasteiger partial charge in [0.15, 0.2) is 5.13 Å². The number of fused-ring (bicyclic) bond motifs is 1. The van der Waals surface area contributed by atoms with Crippen LogP contribution in [-0.2, 0) is 14.8 Å². The van der Waals surface area contributed by atoms with Gasteiger partial charge in [0.1, 0.15) is 11.9 Å². The summed E-state index contributed by atoms with van der Waals surface area (Å²) in [5.41, 5.74) is 1.47. The Hall–Kier alpha value is -3.44. The minimum absolute atomic E-state index is 0.0320. The summed E-state index contributed by atoms with van der Waals surface area (Å²) in [5.74, 6) is -0.337. The number of rotatable bonds is 6. The number of sulfonamides is 1. The summed E-state index contributed by atoms with van der Waals surface area (Å²) in [4.78, 5) is 21.2. The molecule has 2 aromatic heterocycles. The number of halogens is 1. The molecule has 0 bridgehead atoms. The van der Waals surface area contributed by atoms with Crippen LogP contribution in [0.25, 0.3) is 10.9 Å². The Morgan fingerprint density at radius 3 is 2.63 bits per heavy atom. The number of piperazine rings is 1. The first-order valence-corrected chi connectivity index (χ1v) is 13.5. The van der Waals surface area contributed by atoms with Crippen LogP contribution in [0.3, 0.4) is 0 Å². The largest absolute Gasteiger partial charge is 0.368 e. The monoisotopic (exact) mass is 513 g/mol. The van der Waals surface area contributed by atoms with E-state index >= 15 is 0 Å². The molecule has 0 radical (unpaired) electrons. The summed E-state index contributed by atoms with van der Waals surface area (Å²) in [7, 11) is -3.75. The third-order valence-electron chi connectivity index (χ3n) is 6.22. The predicted molar refractivity (Wildman–Crippen MR) is 135 cm³/mol. The normalized spacial score (nSPS) is 15.4. The number of carbonyl (C=O) groups is 1. The van der Waals surface area contributed by atoms with Crippen LogP contribution in [0.1, 0.15) is 13.0 Å². The molecule has 2 aromatic carbocycles. The van der Waals surface area contributed by atoms with Crippen molar-refractivity contribution in [2.45, 2.75) is 17.9 Å². The molecule has 182 valence electrons. The minimum atomic E-state index is -3.75. The third-order valence-corrected chi connectivity index (χ3v) is 8.38. The van der Waals surface area contributed by atoms with Gasteiger partial charge in [0.2, 0.25) is 5.91 Å². The van der Waals surface area contributed by atoms with Crippen molar-refractivity contribution in [3.8, 4) is 0 Å². The Balaban J connectivity index is 1.26. The maximum atomic E-state index is 14.1. The van der Waals surface area contributed by atoms with Crippen molar-refractivity contribution in [2.24, 2.45) is 0 Å². The molecule has 0 saturated carbocycles. The zero-order chi connectivity index (χ0) is 24.6. The van der Waals surface area contributed by atoms with Crippen molar-refractivity contribution < 1.29 is 17.6 Å². The van der Waals surface area contributed by atoms with Gasteiger partial charge < -0.3 is 14.4 Å². The van der Waals surface area contributed by atoms with Crippen molar-refractivity contribution in [1.82, 2.24) is 14.5 Å². The zero-order valence-corrected chi connectivity index (χ0v) is 20.6. The van der Waals surface area contributed by atoms with E-state index in [1.807, 2.05) is 19.1 Å². The molecule has 0 spiro atoms. The lowest BCUT2D eigenvalue weighted by Crippen LogP contribution is -2.50.